The third-order valence-corrected chi connectivity index (χ3v) is 5.25. The van der Waals surface area contributed by atoms with Gasteiger partial charge in [-0.1, -0.05) is 19.3 Å². The molecule has 15 heavy (non-hydrogen) atoms. The molecule has 1 aliphatic carbocycles. The van der Waals surface area contributed by atoms with Crippen LogP contribution in [-0.2, 0) is 0 Å². The maximum Gasteiger partial charge on any atom is 0.0285 e. The molecule has 1 nitrogen and oxygen atoms in total. The Balaban J connectivity index is 2.08. The molecule has 0 bridgehead atoms. The highest BCUT2D eigenvalue weighted by atomic mass is 79.9. The molecule has 0 aromatic carbocycles. The minimum Gasteiger partial charge on any atom is -0.330 e. The first-order valence-corrected chi connectivity index (χ1v) is 7.42. The molecule has 1 aromatic heterocycles. The zero-order valence-electron chi connectivity index (χ0n) is 8.92. The Morgan fingerprint density at radius 3 is 2.67 bits per heavy atom. The summed E-state index contributed by atoms with van der Waals surface area (Å²) in [7, 11) is 0. The summed E-state index contributed by atoms with van der Waals surface area (Å²) in [4.78, 5) is 1.47. The Bertz CT molecular complexity index is 304. The molecule has 0 amide bonds. The maximum atomic E-state index is 5.94. The van der Waals surface area contributed by atoms with E-state index >= 15 is 0 Å². The first-order chi connectivity index (χ1) is 7.31. The van der Waals surface area contributed by atoms with Gasteiger partial charge < -0.3 is 5.73 Å². The second-order valence-electron chi connectivity index (χ2n) is 4.41. The van der Waals surface area contributed by atoms with Gasteiger partial charge in [-0.05, 0) is 40.8 Å². The molecule has 3 heteroatoms. The first-order valence-electron chi connectivity index (χ1n) is 5.75. The number of rotatable bonds is 3. The van der Waals surface area contributed by atoms with Crippen LogP contribution in [0.25, 0.3) is 0 Å². The molecule has 1 heterocycles. The lowest BCUT2D eigenvalue weighted by Gasteiger charge is -2.28. The number of hydrogen-bond donors (Lipinski definition) is 1. The van der Waals surface area contributed by atoms with E-state index in [2.05, 4.69) is 27.4 Å². The Morgan fingerprint density at radius 1 is 1.40 bits per heavy atom. The van der Waals surface area contributed by atoms with Crippen LogP contribution in [0.1, 0.15) is 42.9 Å². The average Bonchev–Trinajstić information content (AvgIpc) is 2.68. The summed E-state index contributed by atoms with van der Waals surface area (Å²) < 4.78 is 1.21. The highest BCUT2D eigenvalue weighted by Crippen LogP contribution is 2.38. The number of thiophene rings is 1. The summed E-state index contributed by atoms with van der Waals surface area (Å²) in [6.07, 6.45) is 6.96. The predicted octanol–water partition coefficient (Wildman–Crippen LogP) is 4.13. The fourth-order valence-electron chi connectivity index (χ4n) is 2.60. The smallest absolute Gasteiger partial charge is 0.0285 e. The van der Waals surface area contributed by atoms with E-state index in [9.17, 15) is 0 Å². The molecule has 1 aromatic rings. The van der Waals surface area contributed by atoms with Crippen LogP contribution in [0, 0.1) is 5.92 Å². The van der Waals surface area contributed by atoms with Gasteiger partial charge in [-0.2, -0.15) is 0 Å². The third kappa shape index (κ3) is 2.83. The fraction of sp³-hybridized carbons (Fsp3) is 0.667. The molecule has 0 radical (unpaired) electrons. The molecule has 1 unspecified atom stereocenters. The molecule has 1 aliphatic rings. The summed E-state index contributed by atoms with van der Waals surface area (Å²) in [5.41, 5.74) is 5.94. The topological polar surface area (TPSA) is 26.0 Å². The van der Waals surface area contributed by atoms with Crippen molar-refractivity contribution in [2.75, 3.05) is 6.54 Å². The highest BCUT2D eigenvalue weighted by molar-refractivity contribution is 9.10. The fourth-order valence-corrected chi connectivity index (χ4v) is 4.25. The van der Waals surface area contributed by atoms with Crippen LogP contribution in [0.4, 0.5) is 0 Å². The quantitative estimate of drug-likeness (QED) is 0.889. The third-order valence-electron chi connectivity index (χ3n) is 3.43. The van der Waals surface area contributed by atoms with Gasteiger partial charge in [0.05, 0.1) is 0 Å². The van der Waals surface area contributed by atoms with Crippen LogP contribution in [0.2, 0.25) is 0 Å². The van der Waals surface area contributed by atoms with Crippen LogP contribution in [0.5, 0.6) is 0 Å². The predicted molar refractivity (Wildman–Crippen MR) is 70.4 cm³/mol. The minimum atomic E-state index is 0.599. The van der Waals surface area contributed by atoms with E-state index in [1.54, 1.807) is 0 Å². The van der Waals surface area contributed by atoms with Crippen LogP contribution < -0.4 is 5.73 Å². The Morgan fingerprint density at radius 2 is 2.13 bits per heavy atom. The molecular formula is C12H18BrNS. The van der Waals surface area contributed by atoms with Crippen molar-refractivity contribution in [2.45, 2.75) is 38.0 Å². The van der Waals surface area contributed by atoms with Crippen LogP contribution in [0.15, 0.2) is 15.9 Å². The van der Waals surface area contributed by atoms with Crippen molar-refractivity contribution in [2.24, 2.45) is 11.7 Å². The van der Waals surface area contributed by atoms with Gasteiger partial charge in [-0.15, -0.1) is 11.3 Å². The summed E-state index contributed by atoms with van der Waals surface area (Å²) in [5.74, 6) is 1.43. The van der Waals surface area contributed by atoms with Gasteiger partial charge in [0, 0.05) is 27.2 Å². The summed E-state index contributed by atoms with van der Waals surface area (Å²) in [5, 5.41) is 2.17. The normalized spacial score (nSPS) is 20.4. The van der Waals surface area contributed by atoms with Crippen LogP contribution in [0.3, 0.4) is 0 Å². The van der Waals surface area contributed by atoms with Gasteiger partial charge in [0.1, 0.15) is 0 Å². The van der Waals surface area contributed by atoms with Gasteiger partial charge >= 0.3 is 0 Å². The van der Waals surface area contributed by atoms with Crippen molar-refractivity contribution < 1.29 is 0 Å². The van der Waals surface area contributed by atoms with Gasteiger partial charge in [-0.3, -0.25) is 0 Å². The van der Waals surface area contributed by atoms with Crippen LogP contribution >= 0.6 is 27.3 Å². The average molecular weight is 288 g/mol. The van der Waals surface area contributed by atoms with Crippen molar-refractivity contribution in [1.29, 1.82) is 0 Å². The molecule has 0 spiro atoms. The number of hydrogen-bond acceptors (Lipinski definition) is 2. The molecule has 1 saturated carbocycles. The molecule has 1 atom stereocenters. The van der Waals surface area contributed by atoms with Crippen molar-refractivity contribution >= 4 is 27.3 Å². The monoisotopic (exact) mass is 287 g/mol. The molecule has 84 valence electrons. The Kier molecular flexibility index (Phi) is 4.23. The van der Waals surface area contributed by atoms with Crippen molar-refractivity contribution in [3.63, 3.8) is 0 Å². The lowest BCUT2D eigenvalue weighted by atomic mass is 9.79. The van der Waals surface area contributed by atoms with E-state index in [1.807, 2.05) is 11.3 Å². The van der Waals surface area contributed by atoms with E-state index in [0.29, 0.717) is 5.92 Å². The van der Waals surface area contributed by atoms with E-state index < -0.39 is 0 Å². The lowest BCUT2D eigenvalue weighted by molar-refractivity contribution is 0.310. The Labute approximate surface area is 104 Å². The van der Waals surface area contributed by atoms with E-state index in [1.165, 1.54) is 41.5 Å². The van der Waals surface area contributed by atoms with E-state index in [4.69, 9.17) is 5.73 Å². The lowest BCUT2D eigenvalue weighted by Crippen LogP contribution is -2.22. The standard InChI is InChI=1S/C12H18BrNS/c13-10-6-12(15-8-10)11(7-14)9-4-2-1-3-5-9/h6,8-9,11H,1-5,7,14H2. The van der Waals surface area contributed by atoms with Crippen LogP contribution in [-0.4, -0.2) is 6.54 Å². The Hall–Kier alpha value is 0.140. The second-order valence-corrected chi connectivity index (χ2v) is 6.27. The zero-order chi connectivity index (χ0) is 10.7. The van der Waals surface area contributed by atoms with Gasteiger partial charge in [-0.25, -0.2) is 0 Å². The molecule has 1 fully saturated rings. The van der Waals surface area contributed by atoms with E-state index in [-0.39, 0.29) is 0 Å². The molecule has 0 aliphatic heterocycles. The second kappa shape index (κ2) is 5.46. The summed E-state index contributed by atoms with van der Waals surface area (Å²) >= 11 is 5.37. The van der Waals surface area contributed by atoms with Crippen molar-refractivity contribution in [1.82, 2.24) is 0 Å². The molecule has 2 rings (SSSR count). The van der Waals surface area contributed by atoms with E-state index in [0.717, 1.165) is 12.5 Å². The zero-order valence-corrected chi connectivity index (χ0v) is 11.3. The van der Waals surface area contributed by atoms with Gasteiger partial charge in [0.25, 0.3) is 0 Å². The highest BCUT2D eigenvalue weighted by Gasteiger charge is 2.24. The van der Waals surface area contributed by atoms with Crippen molar-refractivity contribution in [3.05, 3.63) is 20.8 Å². The SMILES string of the molecule is NCC(c1cc(Br)cs1)C1CCCCC1. The van der Waals surface area contributed by atoms with Crippen molar-refractivity contribution in [3.8, 4) is 0 Å². The molecular weight excluding hydrogens is 270 g/mol. The first kappa shape index (κ1) is 11.6. The number of nitrogens with two attached hydrogens (primary N) is 1. The summed E-state index contributed by atoms with van der Waals surface area (Å²) in [6, 6.07) is 2.25. The van der Waals surface area contributed by atoms with Gasteiger partial charge in [0.2, 0.25) is 0 Å². The van der Waals surface area contributed by atoms with Gasteiger partial charge in [0.15, 0.2) is 0 Å². The molecule has 2 N–H and O–H groups in total. The summed E-state index contributed by atoms with van der Waals surface area (Å²) in [6.45, 7) is 0.803. The largest absolute Gasteiger partial charge is 0.330 e. The number of halogens is 1. The minimum absolute atomic E-state index is 0.599. The maximum absolute atomic E-state index is 5.94. The molecule has 0 saturated heterocycles.